The van der Waals surface area contributed by atoms with Gasteiger partial charge in [-0.2, -0.15) is 0 Å². The van der Waals surface area contributed by atoms with Crippen LogP contribution in [-0.2, 0) is 19.1 Å². The Kier molecular flexibility index (Phi) is 6.06. The molecule has 0 saturated heterocycles. The molecule has 0 radical (unpaired) electrons. The quantitative estimate of drug-likeness (QED) is 0.542. The fourth-order valence-electron chi connectivity index (χ4n) is 2.16. The van der Waals surface area contributed by atoms with Crippen LogP contribution in [0.25, 0.3) is 0 Å². The summed E-state index contributed by atoms with van der Waals surface area (Å²) in [4.78, 5) is 22.5. The number of hydrogen-bond acceptors (Lipinski definition) is 4. The van der Waals surface area contributed by atoms with Gasteiger partial charge in [0.1, 0.15) is 6.10 Å². The molecule has 1 rings (SSSR count). The molecule has 108 valence electrons. The average molecular weight is 268 g/mol. The summed E-state index contributed by atoms with van der Waals surface area (Å²) in [6.07, 6.45) is 7.38. The van der Waals surface area contributed by atoms with Gasteiger partial charge >= 0.3 is 11.9 Å². The van der Waals surface area contributed by atoms with Crippen molar-refractivity contribution in [2.45, 2.75) is 59.0 Å². The largest absolute Gasteiger partial charge is 0.465 e. The lowest BCUT2D eigenvalue weighted by Gasteiger charge is -2.32. The average Bonchev–Trinajstić information content (AvgIpc) is 2.31. The third-order valence-corrected chi connectivity index (χ3v) is 3.37. The summed E-state index contributed by atoms with van der Waals surface area (Å²) in [6, 6.07) is 0. The molecule has 0 aromatic carbocycles. The van der Waals surface area contributed by atoms with Crippen LogP contribution in [0.3, 0.4) is 0 Å². The molecule has 1 aliphatic rings. The molecule has 0 spiro atoms. The lowest BCUT2D eigenvalue weighted by molar-refractivity contribution is -0.149. The summed E-state index contributed by atoms with van der Waals surface area (Å²) in [5, 5.41) is 0. The maximum atomic E-state index is 11.4. The third-order valence-electron chi connectivity index (χ3n) is 3.37. The van der Waals surface area contributed by atoms with Crippen molar-refractivity contribution in [2.75, 3.05) is 6.61 Å². The van der Waals surface area contributed by atoms with Crippen molar-refractivity contribution in [1.29, 1.82) is 0 Å². The summed E-state index contributed by atoms with van der Waals surface area (Å²) in [7, 11) is 0. The third kappa shape index (κ3) is 5.90. The van der Waals surface area contributed by atoms with Gasteiger partial charge in [0, 0.05) is 18.8 Å². The molecule has 1 aliphatic heterocycles. The summed E-state index contributed by atoms with van der Waals surface area (Å²) >= 11 is 0. The zero-order valence-electron chi connectivity index (χ0n) is 12.1. The highest BCUT2D eigenvalue weighted by molar-refractivity contribution is 5.69. The Labute approximate surface area is 115 Å². The molecule has 1 unspecified atom stereocenters. The minimum Gasteiger partial charge on any atom is -0.465 e. The lowest BCUT2D eigenvalue weighted by atomic mass is 9.81. The van der Waals surface area contributed by atoms with Gasteiger partial charge in [0.2, 0.25) is 0 Å². The number of cyclic esters (lactones) is 1. The fourth-order valence-corrected chi connectivity index (χ4v) is 2.16. The van der Waals surface area contributed by atoms with E-state index >= 15 is 0 Å². The smallest absolute Gasteiger partial charge is 0.305 e. The molecular weight excluding hydrogens is 244 g/mol. The highest BCUT2D eigenvalue weighted by Gasteiger charge is 2.29. The van der Waals surface area contributed by atoms with Gasteiger partial charge in [0.15, 0.2) is 0 Å². The number of carbonyl (C=O) groups excluding carboxylic acids is 2. The summed E-state index contributed by atoms with van der Waals surface area (Å²) in [5.74, 6) is -0.385. The fraction of sp³-hybridized carbons (Fsp3) is 0.733. The Bertz CT molecular complexity index is 344. The van der Waals surface area contributed by atoms with Gasteiger partial charge in [-0.15, -0.1) is 0 Å². The van der Waals surface area contributed by atoms with Crippen molar-refractivity contribution in [3.8, 4) is 0 Å². The maximum absolute atomic E-state index is 11.4. The van der Waals surface area contributed by atoms with Crippen molar-refractivity contribution in [3.63, 3.8) is 0 Å². The van der Waals surface area contributed by atoms with Crippen LogP contribution < -0.4 is 0 Å². The van der Waals surface area contributed by atoms with E-state index in [1.54, 1.807) is 0 Å². The molecule has 0 saturated carbocycles. The molecule has 0 aromatic heterocycles. The Morgan fingerprint density at radius 3 is 2.84 bits per heavy atom. The van der Waals surface area contributed by atoms with E-state index in [0.717, 1.165) is 19.3 Å². The SMILES string of the molecule is CC(=O)OC1/C=C/CCOC(=O)CCCCC1(C)C. The highest BCUT2D eigenvalue weighted by atomic mass is 16.5. The van der Waals surface area contributed by atoms with E-state index in [1.807, 2.05) is 12.2 Å². The van der Waals surface area contributed by atoms with E-state index in [1.165, 1.54) is 6.92 Å². The van der Waals surface area contributed by atoms with Crippen molar-refractivity contribution in [2.24, 2.45) is 5.41 Å². The zero-order valence-corrected chi connectivity index (χ0v) is 12.1. The second-order valence-electron chi connectivity index (χ2n) is 5.66. The maximum Gasteiger partial charge on any atom is 0.305 e. The highest BCUT2D eigenvalue weighted by Crippen LogP contribution is 2.31. The first-order chi connectivity index (χ1) is 8.92. The monoisotopic (exact) mass is 268 g/mol. The van der Waals surface area contributed by atoms with Crippen LogP contribution in [-0.4, -0.2) is 24.6 Å². The van der Waals surface area contributed by atoms with E-state index in [-0.39, 0.29) is 23.5 Å². The molecule has 0 fully saturated rings. The van der Waals surface area contributed by atoms with Crippen LogP contribution in [0.15, 0.2) is 12.2 Å². The zero-order chi connectivity index (χ0) is 14.3. The van der Waals surface area contributed by atoms with Gasteiger partial charge in [-0.1, -0.05) is 26.3 Å². The molecule has 0 bridgehead atoms. The van der Waals surface area contributed by atoms with Crippen LogP contribution in [0.2, 0.25) is 0 Å². The standard InChI is InChI=1S/C15H24O4/c1-12(16)19-13-8-5-7-11-18-14(17)9-4-6-10-15(13,2)3/h5,8,13H,4,6-7,9-11H2,1-3H3/b8-5+. The summed E-state index contributed by atoms with van der Waals surface area (Å²) in [5.41, 5.74) is -0.120. The van der Waals surface area contributed by atoms with Gasteiger partial charge in [0.25, 0.3) is 0 Å². The molecule has 19 heavy (non-hydrogen) atoms. The van der Waals surface area contributed by atoms with Gasteiger partial charge in [-0.25, -0.2) is 0 Å². The topological polar surface area (TPSA) is 52.6 Å². The van der Waals surface area contributed by atoms with E-state index in [9.17, 15) is 9.59 Å². The first kappa shape index (κ1) is 15.7. The Morgan fingerprint density at radius 2 is 2.16 bits per heavy atom. The normalized spacial score (nSPS) is 26.5. The molecular formula is C15H24O4. The molecule has 1 heterocycles. The van der Waals surface area contributed by atoms with E-state index in [4.69, 9.17) is 9.47 Å². The predicted octanol–water partition coefficient (Wildman–Crippen LogP) is 3.01. The number of hydrogen-bond donors (Lipinski definition) is 0. The van der Waals surface area contributed by atoms with Gasteiger partial charge in [-0.3, -0.25) is 9.59 Å². The van der Waals surface area contributed by atoms with Gasteiger partial charge in [-0.05, 0) is 25.3 Å². The molecule has 1 atom stereocenters. The second kappa shape index (κ2) is 7.31. The first-order valence-electron chi connectivity index (χ1n) is 6.91. The number of ether oxygens (including phenoxy) is 2. The Balaban J connectivity index is 2.74. The van der Waals surface area contributed by atoms with Crippen molar-refractivity contribution in [1.82, 2.24) is 0 Å². The first-order valence-corrected chi connectivity index (χ1v) is 6.91. The van der Waals surface area contributed by atoms with Crippen molar-refractivity contribution < 1.29 is 19.1 Å². The Hall–Kier alpha value is -1.32. The van der Waals surface area contributed by atoms with Crippen LogP contribution in [0.1, 0.15) is 52.9 Å². The van der Waals surface area contributed by atoms with E-state index in [0.29, 0.717) is 19.4 Å². The Morgan fingerprint density at radius 1 is 1.42 bits per heavy atom. The van der Waals surface area contributed by atoms with E-state index < -0.39 is 0 Å². The van der Waals surface area contributed by atoms with Crippen molar-refractivity contribution >= 4 is 11.9 Å². The van der Waals surface area contributed by atoms with Gasteiger partial charge in [0.05, 0.1) is 6.61 Å². The van der Waals surface area contributed by atoms with Crippen LogP contribution in [0.4, 0.5) is 0 Å². The predicted molar refractivity (Wildman–Crippen MR) is 72.5 cm³/mol. The number of rotatable bonds is 1. The molecule has 4 nitrogen and oxygen atoms in total. The molecule has 0 amide bonds. The van der Waals surface area contributed by atoms with Gasteiger partial charge < -0.3 is 9.47 Å². The molecule has 0 aliphatic carbocycles. The number of carbonyl (C=O) groups is 2. The summed E-state index contributed by atoms with van der Waals surface area (Å²) < 4.78 is 10.5. The molecule has 0 N–H and O–H groups in total. The summed E-state index contributed by atoms with van der Waals surface area (Å²) in [6.45, 7) is 6.01. The second-order valence-corrected chi connectivity index (χ2v) is 5.66. The van der Waals surface area contributed by atoms with Crippen LogP contribution in [0.5, 0.6) is 0 Å². The molecule has 0 aromatic rings. The van der Waals surface area contributed by atoms with Crippen LogP contribution >= 0.6 is 0 Å². The van der Waals surface area contributed by atoms with Crippen molar-refractivity contribution in [3.05, 3.63) is 12.2 Å². The number of esters is 2. The molecule has 4 heteroatoms. The minimum atomic E-state index is -0.263. The van der Waals surface area contributed by atoms with E-state index in [2.05, 4.69) is 13.8 Å². The van der Waals surface area contributed by atoms with Crippen LogP contribution in [0, 0.1) is 5.41 Å². The lowest BCUT2D eigenvalue weighted by Crippen LogP contribution is -2.32. The minimum absolute atomic E-state index is 0.120.